The smallest absolute Gasteiger partial charge is 0.251 e. The second-order valence-electron chi connectivity index (χ2n) is 4.92. The van der Waals surface area contributed by atoms with Crippen molar-refractivity contribution >= 4 is 49.1 Å². The van der Waals surface area contributed by atoms with E-state index in [0.29, 0.717) is 0 Å². The predicted molar refractivity (Wildman–Crippen MR) is 93.1 cm³/mol. The van der Waals surface area contributed by atoms with Gasteiger partial charge in [0.05, 0.1) is 13.6 Å². The molecule has 0 saturated heterocycles. The molecule has 2 N–H and O–H groups in total. The lowest BCUT2D eigenvalue weighted by molar-refractivity contribution is 0.0946. The van der Waals surface area contributed by atoms with Gasteiger partial charge in [-0.1, -0.05) is 12.1 Å². The molecule has 0 saturated carbocycles. The number of carbonyl (C=O) groups excluding carboxylic acids is 1. The van der Waals surface area contributed by atoms with Crippen LogP contribution in [0.2, 0.25) is 0 Å². The molecule has 3 nitrogen and oxygen atoms in total. The molecule has 6 heteroatoms. The van der Waals surface area contributed by atoms with Crippen LogP contribution < -0.4 is 10.6 Å². The zero-order chi connectivity index (χ0) is 15.0. The van der Waals surface area contributed by atoms with Gasteiger partial charge in [-0.25, -0.2) is 0 Å². The van der Waals surface area contributed by atoms with Crippen LogP contribution in [-0.4, -0.2) is 19.5 Å². The second kappa shape index (κ2) is 6.20. The summed E-state index contributed by atoms with van der Waals surface area (Å²) in [5.74, 6) is 0.0264. The predicted octanol–water partition coefficient (Wildman–Crippen LogP) is 3.87. The van der Waals surface area contributed by atoms with Crippen LogP contribution in [0.25, 0.3) is 0 Å². The molecular weight excluding hydrogens is 416 g/mol. The largest absolute Gasteiger partial charge is 0.352 e. The molecule has 1 unspecified atom stereocenters. The van der Waals surface area contributed by atoms with E-state index >= 15 is 0 Å². The van der Waals surface area contributed by atoms with Crippen LogP contribution in [0.4, 0.5) is 0 Å². The van der Waals surface area contributed by atoms with E-state index in [1.54, 1.807) is 11.3 Å². The number of thiophene rings is 1. The molecule has 0 fully saturated rings. The lowest BCUT2D eigenvalue weighted by Gasteiger charge is -2.21. The molecule has 1 aliphatic rings. The summed E-state index contributed by atoms with van der Waals surface area (Å²) < 4.78 is 2.18. The van der Waals surface area contributed by atoms with Crippen LogP contribution in [0.5, 0.6) is 0 Å². The Bertz CT molecular complexity index is 699. The number of hydrogen-bond acceptors (Lipinski definition) is 3. The molecule has 3 rings (SSSR count). The van der Waals surface area contributed by atoms with Crippen LogP contribution in [0.1, 0.15) is 33.1 Å². The molecule has 1 aliphatic heterocycles. The first kappa shape index (κ1) is 15.2. The summed E-state index contributed by atoms with van der Waals surface area (Å²) in [6.45, 7) is 0.726. The zero-order valence-corrected chi connectivity index (χ0v) is 15.4. The molecule has 0 bridgehead atoms. The van der Waals surface area contributed by atoms with Crippen molar-refractivity contribution in [2.45, 2.75) is 12.5 Å². The van der Waals surface area contributed by atoms with Crippen molar-refractivity contribution in [2.75, 3.05) is 13.6 Å². The van der Waals surface area contributed by atoms with Crippen molar-refractivity contribution in [3.05, 3.63) is 54.1 Å². The van der Waals surface area contributed by atoms with Gasteiger partial charge in [0.1, 0.15) is 0 Å². The molecule has 1 atom stereocenters. The highest BCUT2D eigenvalue weighted by molar-refractivity contribution is 9.12. The summed E-state index contributed by atoms with van der Waals surface area (Å²) in [5.41, 5.74) is 4.19. The van der Waals surface area contributed by atoms with Crippen molar-refractivity contribution < 1.29 is 4.79 Å². The minimum absolute atomic E-state index is 0.0264. The first-order valence-electron chi connectivity index (χ1n) is 6.63. The van der Waals surface area contributed by atoms with E-state index in [2.05, 4.69) is 60.7 Å². The number of benzene rings is 1. The van der Waals surface area contributed by atoms with Gasteiger partial charge in [-0.3, -0.25) is 4.79 Å². The van der Waals surface area contributed by atoms with Crippen molar-refractivity contribution in [3.8, 4) is 0 Å². The summed E-state index contributed by atoms with van der Waals surface area (Å²) in [6.07, 6.45) is 0.902. The average Bonchev–Trinajstić information content (AvgIpc) is 2.79. The van der Waals surface area contributed by atoms with Gasteiger partial charge in [0.2, 0.25) is 0 Å². The van der Waals surface area contributed by atoms with Crippen LogP contribution in [0.15, 0.2) is 31.8 Å². The third kappa shape index (κ3) is 2.95. The van der Waals surface area contributed by atoms with Crippen LogP contribution in [0.3, 0.4) is 0 Å². The topological polar surface area (TPSA) is 41.1 Å². The van der Waals surface area contributed by atoms with E-state index in [4.69, 9.17) is 0 Å². The maximum atomic E-state index is 12.0. The summed E-state index contributed by atoms with van der Waals surface area (Å²) in [6, 6.07) is 8.35. The Hall–Kier alpha value is -0.690. The minimum atomic E-state index is 0.0264. The van der Waals surface area contributed by atoms with Crippen molar-refractivity contribution in [1.29, 1.82) is 0 Å². The Kier molecular flexibility index (Phi) is 4.49. The van der Waals surface area contributed by atoms with Gasteiger partial charge in [-0.15, -0.1) is 11.3 Å². The van der Waals surface area contributed by atoms with Crippen LogP contribution in [-0.2, 0) is 6.42 Å². The van der Waals surface area contributed by atoms with Gasteiger partial charge >= 0.3 is 0 Å². The van der Waals surface area contributed by atoms with E-state index in [-0.39, 0.29) is 11.9 Å². The molecule has 0 radical (unpaired) electrons. The lowest BCUT2D eigenvalue weighted by Crippen LogP contribution is -2.32. The summed E-state index contributed by atoms with van der Waals surface area (Å²) >= 11 is 8.78. The molecular formula is C15H14Br2N2OS. The zero-order valence-electron chi connectivity index (χ0n) is 11.4. The maximum absolute atomic E-state index is 12.0. The second-order valence-corrected chi connectivity index (χ2v) is 8.67. The highest BCUT2D eigenvalue weighted by Gasteiger charge is 2.22. The number of rotatable bonds is 3. The summed E-state index contributed by atoms with van der Waals surface area (Å²) in [5, 5.41) is 6.24. The number of fused-ring (bicyclic) bond motifs is 1. The number of amides is 1. The van der Waals surface area contributed by atoms with E-state index in [1.165, 1.54) is 5.56 Å². The fourth-order valence-corrected chi connectivity index (χ4v) is 5.56. The van der Waals surface area contributed by atoms with E-state index < -0.39 is 0 Å². The number of halogens is 2. The quantitative estimate of drug-likeness (QED) is 0.777. The molecule has 1 aromatic carbocycles. The summed E-state index contributed by atoms with van der Waals surface area (Å²) in [7, 11) is 1.93. The van der Waals surface area contributed by atoms with Gasteiger partial charge in [0.15, 0.2) is 0 Å². The Balaban J connectivity index is 2.04. The molecule has 1 aromatic heterocycles. The van der Waals surface area contributed by atoms with Gasteiger partial charge in [-0.2, -0.15) is 0 Å². The molecule has 1 amide bonds. The van der Waals surface area contributed by atoms with Gasteiger partial charge < -0.3 is 10.6 Å². The first-order chi connectivity index (χ1) is 10.1. The molecule has 110 valence electrons. The molecule has 0 aliphatic carbocycles. The Morgan fingerprint density at radius 3 is 2.81 bits per heavy atom. The Morgan fingerprint density at radius 1 is 1.33 bits per heavy atom. The monoisotopic (exact) mass is 428 g/mol. The van der Waals surface area contributed by atoms with E-state index in [1.807, 2.05) is 13.1 Å². The average molecular weight is 430 g/mol. The number of hydrogen-bond donors (Lipinski definition) is 2. The lowest BCUT2D eigenvalue weighted by atomic mass is 9.93. The van der Waals surface area contributed by atoms with E-state index in [9.17, 15) is 4.79 Å². The first-order valence-corrected chi connectivity index (χ1v) is 9.03. The van der Waals surface area contributed by atoms with Gasteiger partial charge in [-0.05, 0) is 74.2 Å². The maximum Gasteiger partial charge on any atom is 0.251 e. The van der Waals surface area contributed by atoms with Crippen molar-refractivity contribution in [3.63, 3.8) is 0 Å². The Labute approximate surface area is 144 Å². The molecule has 21 heavy (non-hydrogen) atoms. The molecule has 2 aromatic rings. The standard InChI is InChI=1S/C15H14Br2N2OS/c1-18-13(11-7-12(16)21-14(11)17)9-3-2-8-4-5-19-15(20)10(8)6-9/h2-3,6-7,13,18H,4-5H2,1H3,(H,19,20). The normalized spacial score (nSPS) is 15.5. The molecule has 0 spiro atoms. The highest BCUT2D eigenvalue weighted by Crippen LogP contribution is 2.38. The van der Waals surface area contributed by atoms with Crippen molar-refractivity contribution in [1.82, 2.24) is 10.6 Å². The third-order valence-corrected chi connectivity index (χ3v) is 6.06. The summed E-state index contributed by atoms with van der Waals surface area (Å²) in [4.78, 5) is 12.0. The highest BCUT2D eigenvalue weighted by atomic mass is 79.9. The van der Waals surface area contributed by atoms with Crippen LogP contribution in [0, 0.1) is 0 Å². The number of nitrogens with one attached hydrogen (secondary N) is 2. The fraction of sp³-hybridized carbons (Fsp3) is 0.267. The molecule has 2 heterocycles. The third-order valence-electron chi connectivity index (χ3n) is 3.67. The van der Waals surface area contributed by atoms with Crippen LogP contribution >= 0.6 is 43.2 Å². The van der Waals surface area contributed by atoms with Gasteiger partial charge in [0, 0.05) is 12.1 Å². The number of carbonyl (C=O) groups is 1. The van der Waals surface area contributed by atoms with E-state index in [0.717, 1.165) is 37.2 Å². The minimum Gasteiger partial charge on any atom is -0.352 e. The van der Waals surface area contributed by atoms with Gasteiger partial charge in [0.25, 0.3) is 5.91 Å². The Morgan fingerprint density at radius 2 is 2.14 bits per heavy atom. The fourth-order valence-electron chi connectivity index (χ4n) is 2.66. The SMILES string of the molecule is CNC(c1ccc2c(c1)C(=O)NCC2)c1cc(Br)sc1Br. The van der Waals surface area contributed by atoms with Crippen molar-refractivity contribution in [2.24, 2.45) is 0 Å².